The SMILES string of the molecule is CN(C)C.Cl.[SnH2]. The van der Waals surface area contributed by atoms with Crippen molar-refractivity contribution in [2.75, 3.05) is 21.1 Å². The molecule has 0 heterocycles. The molecule has 0 bridgehead atoms. The summed E-state index contributed by atoms with van der Waals surface area (Å²) >= 11 is 0. The molecule has 0 aromatic heterocycles. The Morgan fingerprint density at radius 3 is 1.00 bits per heavy atom. The minimum atomic E-state index is 0. The molecule has 0 aliphatic heterocycles. The molecule has 0 saturated heterocycles. The average Bonchev–Trinajstić information content (AvgIpc) is 0.811. The summed E-state index contributed by atoms with van der Waals surface area (Å²) in [6.45, 7) is 0. The van der Waals surface area contributed by atoms with Gasteiger partial charge in [-0.3, -0.25) is 0 Å². The Morgan fingerprint density at radius 2 is 1.00 bits per heavy atom. The number of nitrogens with zero attached hydrogens (tertiary/aromatic N) is 1. The Labute approximate surface area is 62.5 Å². The first-order valence-corrected chi connectivity index (χ1v) is 1.34. The van der Waals surface area contributed by atoms with Gasteiger partial charge in [0.2, 0.25) is 0 Å². The molecular formula is C3H12ClNSn. The van der Waals surface area contributed by atoms with Crippen LogP contribution in [-0.4, -0.2) is 50.0 Å². The van der Waals surface area contributed by atoms with Crippen LogP contribution < -0.4 is 0 Å². The maximum atomic E-state index is 2.00. The van der Waals surface area contributed by atoms with Crippen molar-refractivity contribution < 1.29 is 0 Å². The Kier molecular flexibility index (Phi) is 24.7. The van der Waals surface area contributed by atoms with E-state index in [-0.39, 0.29) is 36.3 Å². The van der Waals surface area contributed by atoms with Gasteiger partial charge in [-0.05, 0) is 21.1 Å². The summed E-state index contributed by atoms with van der Waals surface area (Å²) < 4.78 is 0. The number of hydrogen-bond acceptors (Lipinski definition) is 1. The monoisotopic (exact) mass is 217 g/mol. The van der Waals surface area contributed by atoms with Gasteiger partial charge in [0, 0.05) is 0 Å². The molecule has 0 aromatic carbocycles. The third-order valence-electron chi connectivity index (χ3n) is 0. The standard InChI is InChI=1S/C3H9N.ClH.Sn.2H/c1-4(2)3;;;;/h1-3H3;1H;;;. The number of halogens is 1. The fourth-order valence-corrected chi connectivity index (χ4v) is 0. The van der Waals surface area contributed by atoms with Crippen molar-refractivity contribution in [3.05, 3.63) is 0 Å². The molecule has 6 heavy (non-hydrogen) atoms. The normalized spacial score (nSPS) is 6.00. The van der Waals surface area contributed by atoms with Crippen molar-refractivity contribution in [2.45, 2.75) is 0 Å². The van der Waals surface area contributed by atoms with E-state index in [4.69, 9.17) is 0 Å². The van der Waals surface area contributed by atoms with Crippen molar-refractivity contribution in [1.82, 2.24) is 4.90 Å². The van der Waals surface area contributed by atoms with Crippen LogP contribution in [0.15, 0.2) is 0 Å². The molecule has 0 fully saturated rings. The maximum absolute atomic E-state index is 2.00. The second-order valence-corrected chi connectivity index (χ2v) is 1.34. The second kappa shape index (κ2) is 9.41. The van der Waals surface area contributed by atoms with E-state index >= 15 is 0 Å². The van der Waals surface area contributed by atoms with Crippen LogP contribution in [0.5, 0.6) is 0 Å². The van der Waals surface area contributed by atoms with Crippen LogP contribution in [0.1, 0.15) is 0 Å². The minimum absolute atomic E-state index is 0. The van der Waals surface area contributed by atoms with Crippen LogP contribution >= 0.6 is 12.4 Å². The molecule has 0 amide bonds. The second-order valence-electron chi connectivity index (χ2n) is 1.34. The first-order chi connectivity index (χ1) is 1.73. The van der Waals surface area contributed by atoms with Gasteiger partial charge in [-0.1, -0.05) is 0 Å². The van der Waals surface area contributed by atoms with E-state index in [1.54, 1.807) is 0 Å². The summed E-state index contributed by atoms with van der Waals surface area (Å²) in [4.78, 5) is 2.00. The van der Waals surface area contributed by atoms with Crippen LogP contribution in [-0.2, 0) is 0 Å². The Hall–Kier alpha value is 1.05. The predicted octanol–water partition coefficient (Wildman–Crippen LogP) is -0.317. The Morgan fingerprint density at radius 1 is 1.00 bits per heavy atom. The van der Waals surface area contributed by atoms with Gasteiger partial charge >= 0.3 is 23.9 Å². The molecule has 0 unspecified atom stereocenters. The van der Waals surface area contributed by atoms with Crippen LogP contribution in [0.3, 0.4) is 0 Å². The van der Waals surface area contributed by atoms with E-state index < -0.39 is 0 Å². The summed E-state index contributed by atoms with van der Waals surface area (Å²) in [5.41, 5.74) is 0. The summed E-state index contributed by atoms with van der Waals surface area (Å²) in [6.07, 6.45) is 0. The van der Waals surface area contributed by atoms with Crippen molar-refractivity contribution in [1.29, 1.82) is 0 Å². The third-order valence-corrected chi connectivity index (χ3v) is 0. The van der Waals surface area contributed by atoms with Crippen molar-refractivity contribution in [3.8, 4) is 0 Å². The van der Waals surface area contributed by atoms with Gasteiger partial charge in [-0.2, -0.15) is 0 Å². The van der Waals surface area contributed by atoms with E-state index in [1.165, 1.54) is 0 Å². The molecule has 0 atom stereocenters. The Bertz CT molecular complexity index is 15.5. The quantitative estimate of drug-likeness (QED) is 0.502. The predicted molar refractivity (Wildman–Crippen MR) is 35.4 cm³/mol. The van der Waals surface area contributed by atoms with Crippen LogP contribution in [0.4, 0.5) is 0 Å². The summed E-state index contributed by atoms with van der Waals surface area (Å²) in [7, 11) is 6.00. The number of hydrogen-bond donors (Lipinski definition) is 0. The van der Waals surface area contributed by atoms with Crippen molar-refractivity contribution in [3.63, 3.8) is 0 Å². The molecule has 0 aromatic rings. The third kappa shape index (κ3) is 75.3. The summed E-state index contributed by atoms with van der Waals surface area (Å²) in [6, 6.07) is 0. The van der Waals surface area contributed by atoms with E-state index in [1.807, 2.05) is 26.0 Å². The molecule has 0 aliphatic rings. The summed E-state index contributed by atoms with van der Waals surface area (Å²) in [5.74, 6) is 0. The average molecular weight is 216 g/mol. The van der Waals surface area contributed by atoms with Crippen molar-refractivity contribution in [2.24, 2.45) is 0 Å². The van der Waals surface area contributed by atoms with E-state index in [2.05, 4.69) is 0 Å². The molecule has 0 rings (SSSR count). The van der Waals surface area contributed by atoms with Gasteiger partial charge in [-0.15, -0.1) is 12.4 Å². The van der Waals surface area contributed by atoms with Gasteiger partial charge in [0.05, 0.1) is 0 Å². The van der Waals surface area contributed by atoms with Crippen LogP contribution in [0.2, 0.25) is 0 Å². The Balaban J connectivity index is -0.0000000450. The molecule has 2 radical (unpaired) electrons. The van der Waals surface area contributed by atoms with Gasteiger partial charge < -0.3 is 4.90 Å². The van der Waals surface area contributed by atoms with E-state index in [9.17, 15) is 0 Å². The molecule has 40 valence electrons. The van der Waals surface area contributed by atoms with Gasteiger partial charge in [-0.25, -0.2) is 0 Å². The molecule has 3 heteroatoms. The first kappa shape index (κ1) is 15.7. The van der Waals surface area contributed by atoms with E-state index in [0.29, 0.717) is 0 Å². The summed E-state index contributed by atoms with van der Waals surface area (Å²) in [5, 5.41) is 0. The van der Waals surface area contributed by atoms with Crippen LogP contribution in [0.25, 0.3) is 0 Å². The fraction of sp³-hybridized carbons (Fsp3) is 1.00. The first-order valence-electron chi connectivity index (χ1n) is 1.34. The molecule has 0 saturated carbocycles. The molecule has 0 spiro atoms. The zero-order chi connectivity index (χ0) is 3.58. The van der Waals surface area contributed by atoms with Crippen LogP contribution in [0, 0.1) is 0 Å². The topological polar surface area (TPSA) is 3.24 Å². The fourth-order valence-electron chi connectivity index (χ4n) is 0. The number of rotatable bonds is 0. The molecule has 0 N–H and O–H groups in total. The van der Waals surface area contributed by atoms with Gasteiger partial charge in [0.25, 0.3) is 0 Å². The van der Waals surface area contributed by atoms with E-state index in [0.717, 1.165) is 0 Å². The molecule has 1 nitrogen and oxygen atoms in total. The van der Waals surface area contributed by atoms with Crippen molar-refractivity contribution >= 4 is 36.3 Å². The molecular weight excluding hydrogens is 204 g/mol. The van der Waals surface area contributed by atoms with Gasteiger partial charge in [0.15, 0.2) is 0 Å². The van der Waals surface area contributed by atoms with Gasteiger partial charge in [0.1, 0.15) is 0 Å². The zero-order valence-electron chi connectivity index (χ0n) is 4.56. The zero-order valence-corrected chi connectivity index (χ0v) is 9.42. The molecule has 0 aliphatic carbocycles.